The van der Waals surface area contributed by atoms with Crippen molar-refractivity contribution < 1.29 is 10.2 Å². The van der Waals surface area contributed by atoms with Crippen molar-refractivity contribution >= 4 is 11.4 Å². The Kier molecular flexibility index (Phi) is 6.64. The SMILES string of the molecule is C/C(=C\Nc1ccc(-c2ccc(O)c(CN3CCC(CO)CC3)c2)cn1)c1ccn[nH]1. The third-order valence-corrected chi connectivity index (χ3v) is 5.90. The molecule has 1 saturated heterocycles. The minimum Gasteiger partial charge on any atom is -0.508 e. The molecule has 3 aromatic rings. The van der Waals surface area contributed by atoms with Gasteiger partial charge in [0.25, 0.3) is 0 Å². The van der Waals surface area contributed by atoms with Gasteiger partial charge in [0.05, 0.1) is 5.69 Å². The van der Waals surface area contributed by atoms with E-state index in [1.807, 2.05) is 49.7 Å². The first kappa shape index (κ1) is 21.1. The number of hydrogen-bond acceptors (Lipinski definition) is 6. The minimum absolute atomic E-state index is 0.269. The number of nitrogens with one attached hydrogen (secondary N) is 2. The van der Waals surface area contributed by atoms with E-state index in [-0.39, 0.29) is 6.61 Å². The zero-order chi connectivity index (χ0) is 21.6. The molecule has 162 valence electrons. The third kappa shape index (κ3) is 5.31. The zero-order valence-corrected chi connectivity index (χ0v) is 17.8. The number of aromatic amines is 1. The van der Waals surface area contributed by atoms with E-state index in [2.05, 4.69) is 25.4 Å². The van der Waals surface area contributed by atoms with Gasteiger partial charge in [0.15, 0.2) is 0 Å². The molecular weight excluding hydrogens is 390 g/mol. The van der Waals surface area contributed by atoms with Crippen LogP contribution in [0, 0.1) is 5.92 Å². The van der Waals surface area contributed by atoms with Crippen molar-refractivity contribution in [2.24, 2.45) is 5.92 Å². The highest BCUT2D eigenvalue weighted by molar-refractivity contribution is 5.67. The number of phenolic OH excluding ortho intramolecular Hbond substituents is 1. The Labute approximate surface area is 182 Å². The van der Waals surface area contributed by atoms with Gasteiger partial charge in [0.2, 0.25) is 0 Å². The summed E-state index contributed by atoms with van der Waals surface area (Å²) in [7, 11) is 0. The van der Waals surface area contributed by atoms with Crippen LogP contribution in [0.25, 0.3) is 16.7 Å². The van der Waals surface area contributed by atoms with Crippen LogP contribution in [-0.4, -0.2) is 50.0 Å². The van der Waals surface area contributed by atoms with E-state index in [1.165, 1.54) is 0 Å². The van der Waals surface area contributed by atoms with Gasteiger partial charge in [0.1, 0.15) is 11.6 Å². The maximum absolute atomic E-state index is 10.3. The highest BCUT2D eigenvalue weighted by Gasteiger charge is 2.19. The van der Waals surface area contributed by atoms with Crippen molar-refractivity contribution in [3.63, 3.8) is 0 Å². The van der Waals surface area contributed by atoms with Gasteiger partial charge >= 0.3 is 0 Å². The van der Waals surface area contributed by atoms with Gasteiger partial charge in [-0.05, 0) is 80.2 Å². The number of benzene rings is 1. The predicted octanol–water partition coefficient (Wildman–Crippen LogP) is 3.85. The molecule has 0 aliphatic carbocycles. The summed E-state index contributed by atoms with van der Waals surface area (Å²) in [5.41, 5.74) is 4.94. The Balaban J connectivity index is 1.42. The number of phenols is 1. The Morgan fingerprint density at radius 2 is 2.00 bits per heavy atom. The van der Waals surface area contributed by atoms with E-state index in [4.69, 9.17) is 0 Å². The van der Waals surface area contributed by atoms with Crippen molar-refractivity contribution in [1.82, 2.24) is 20.1 Å². The van der Waals surface area contributed by atoms with Crippen LogP contribution < -0.4 is 5.32 Å². The standard InChI is InChI=1S/C24H29N5O2/c1-17(22-6-9-27-28-22)13-25-24-5-3-20(14-26-24)19-2-4-23(31)21(12-19)15-29-10-7-18(16-30)8-11-29/h2-6,9,12-14,18,30-31H,7-8,10-11,15-16H2,1H3,(H,25,26)(H,27,28)/b17-13+. The monoisotopic (exact) mass is 419 g/mol. The van der Waals surface area contributed by atoms with E-state index in [9.17, 15) is 10.2 Å². The largest absolute Gasteiger partial charge is 0.508 e. The lowest BCUT2D eigenvalue weighted by atomic mass is 9.97. The first-order valence-corrected chi connectivity index (χ1v) is 10.7. The number of rotatable bonds is 7. The molecule has 1 aliphatic rings. The van der Waals surface area contributed by atoms with Crippen LogP contribution in [0.1, 0.15) is 31.0 Å². The van der Waals surface area contributed by atoms with Crippen LogP contribution >= 0.6 is 0 Å². The van der Waals surface area contributed by atoms with Gasteiger partial charge in [-0.1, -0.05) is 6.07 Å². The maximum Gasteiger partial charge on any atom is 0.129 e. The fourth-order valence-electron chi connectivity index (χ4n) is 3.85. The molecule has 4 N–H and O–H groups in total. The number of allylic oxidation sites excluding steroid dienone is 1. The molecular formula is C24H29N5O2. The first-order valence-electron chi connectivity index (χ1n) is 10.7. The Morgan fingerprint density at radius 3 is 2.68 bits per heavy atom. The summed E-state index contributed by atoms with van der Waals surface area (Å²) in [5.74, 6) is 1.49. The summed E-state index contributed by atoms with van der Waals surface area (Å²) in [4.78, 5) is 6.85. The topological polar surface area (TPSA) is 97.3 Å². The van der Waals surface area contributed by atoms with E-state index >= 15 is 0 Å². The lowest BCUT2D eigenvalue weighted by Crippen LogP contribution is -2.34. The van der Waals surface area contributed by atoms with E-state index in [1.54, 1.807) is 12.3 Å². The smallest absolute Gasteiger partial charge is 0.129 e. The number of nitrogens with zero attached hydrogens (tertiary/aromatic N) is 3. The van der Waals surface area contributed by atoms with E-state index in [0.717, 1.165) is 59.7 Å². The van der Waals surface area contributed by atoms with Gasteiger partial charge in [-0.15, -0.1) is 0 Å². The molecule has 0 spiro atoms. The number of hydrogen-bond donors (Lipinski definition) is 4. The number of H-pyrrole nitrogens is 1. The molecule has 0 radical (unpaired) electrons. The molecule has 7 nitrogen and oxygen atoms in total. The first-order chi connectivity index (χ1) is 15.1. The predicted molar refractivity (Wildman–Crippen MR) is 122 cm³/mol. The molecule has 1 aliphatic heterocycles. The van der Waals surface area contributed by atoms with Crippen molar-refractivity contribution in [2.45, 2.75) is 26.3 Å². The minimum atomic E-state index is 0.269. The number of likely N-dealkylation sites (tertiary alicyclic amines) is 1. The van der Waals surface area contributed by atoms with Crippen molar-refractivity contribution in [3.05, 3.63) is 66.2 Å². The average molecular weight is 420 g/mol. The molecule has 0 amide bonds. The summed E-state index contributed by atoms with van der Waals surface area (Å²) < 4.78 is 0. The van der Waals surface area contributed by atoms with Gasteiger partial charge in [-0.25, -0.2) is 4.98 Å². The fourth-order valence-corrected chi connectivity index (χ4v) is 3.85. The second-order valence-corrected chi connectivity index (χ2v) is 8.12. The summed E-state index contributed by atoms with van der Waals surface area (Å²) in [6.07, 6.45) is 7.47. The number of aromatic hydroxyl groups is 1. The Hall–Kier alpha value is -3.16. The number of aliphatic hydroxyl groups excluding tert-OH is 1. The molecule has 0 atom stereocenters. The van der Waals surface area contributed by atoms with Crippen molar-refractivity contribution in [2.75, 3.05) is 25.0 Å². The lowest BCUT2D eigenvalue weighted by molar-refractivity contribution is 0.127. The van der Waals surface area contributed by atoms with Crippen LogP contribution in [0.5, 0.6) is 5.75 Å². The fraction of sp³-hybridized carbons (Fsp3) is 0.333. The van der Waals surface area contributed by atoms with Gasteiger partial charge in [-0.2, -0.15) is 5.10 Å². The van der Waals surface area contributed by atoms with E-state index in [0.29, 0.717) is 18.2 Å². The summed E-state index contributed by atoms with van der Waals surface area (Å²) >= 11 is 0. The quantitative estimate of drug-likeness (QED) is 0.464. The Bertz CT molecular complexity index is 1010. The van der Waals surface area contributed by atoms with Crippen molar-refractivity contribution in [3.8, 4) is 16.9 Å². The average Bonchev–Trinajstić information content (AvgIpc) is 3.35. The molecule has 1 aromatic carbocycles. The summed E-state index contributed by atoms with van der Waals surface area (Å²) in [6.45, 7) is 4.87. The number of piperidine rings is 1. The molecule has 31 heavy (non-hydrogen) atoms. The zero-order valence-electron chi connectivity index (χ0n) is 17.8. The highest BCUT2D eigenvalue weighted by atomic mass is 16.3. The molecule has 0 saturated carbocycles. The Morgan fingerprint density at radius 1 is 1.19 bits per heavy atom. The number of aromatic nitrogens is 3. The van der Waals surface area contributed by atoms with Crippen LogP contribution in [0.2, 0.25) is 0 Å². The second-order valence-electron chi connectivity index (χ2n) is 8.12. The van der Waals surface area contributed by atoms with Crippen molar-refractivity contribution in [1.29, 1.82) is 0 Å². The highest BCUT2D eigenvalue weighted by Crippen LogP contribution is 2.28. The lowest BCUT2D eigenvalue weighted by Gasteiger charge is -2.31. The molecule has 4 rings (SSSR count). The number of anilines is 1. The molecule has 7 heteroatoms. The number of pyridine rings is 1. The van der Waals surface area contributed by atoms with Gasteiger partial charge < -0.3 is 15.5 Å². The third-order valence-electron chi connectivity index (χ3n) is 5.90. The van der Waals surface area contributed by atoms with E-state index < -0.39 is 0 Å². The molecule has 2 aromatic heterocycles. The normalized spacial score (nSPS) is 15.9. The van der Waals surface area contributed by atoms with Gasteiger partial charge in [-0.3, -0.25) is 10.00 Å². The maximum atomic E-state index is 10.3. The molecule has 0 unspecified atom stereocenters. The molecule has 3 heterocycles. The summed E-state index contributed by atoms with van der Waals surface area (Å²) in [6, 6.07) is 11.6. The van der Waals surface area contributed by atoms with Gasteiger partial charge in [0, 0.05) is 42.9 Å². The number of aliphatic hydroxyl groups is 1. The van der Waals surface area contributed by atoms with Crippen LogP contribution in [0.15, 0.2) is 55.0 Å². The summed E-state index contributed by atoms with van der Waals surface area (Å²) in [5, 5.41) is 29.8. The second kappa shape index (κ2) is 9.76. The molecule has 1 fully saturated rings. The van der Waals surface area contributed by atoms with Crippen LogP contribution in [0.4, 0.5) is 5.82 Å². The van der Waals surface area contributed by atoms with Crippen LogP contribution in [-0.2, 0) is 6.54 Å². The van der Waals surface area contributed by atoms with Crippen LogP contribution in [0.3, 0.4) is 0 Å². The molecule has 0 bridgehead atoms.